The molecule has 0 heterocycles. The van der Waals surface area contributed by atoms with Crippen LogP contribution in [0.3, 0.4) is 0 Å². The maximum atomic E-state index is 6.62. The molecule has 0 aromatic rings. The molecule has 0 radical (unpaired) electrons. The van der Waals surface area contributed by atoms with Crippen LogP contribution in [0, 0.1) is 0 Å². The van der Waals surface area contributed by atoms with Gasteiger partial charge in [0.15, 0.2) is 16.6 Å². The summed E-state index contributed by atoms with van der Waals surface area (Å²) in [6.07, 6.45) is 2.65. The van der Waals surface area contributed by atoms with E-state index in [2.05, 4.69) is 52.8 Å². The Hall–Kier alpha value is 0.611. The van der Waals surface area contributed by atoms with E-state index >= 15 is 0 Å². The summed E-state index contributed by atoms with van der Waals surface area (Å²) in [7, 11) is -3.68. The molecule has 0 rings (SSSR count). The molecule has 0 amide bonds. The molecule has 0 aromatic heterocycles. The molecule has 17 heavy (non-hydrogen) atoms. The molecule has 104 valence electrons. The van der Waals surface area contributed by atoms with Gasteiger partial charge in [0.05, 0.1) is 0 Å². The minimum Gasteiger partial charge on any atom is -0.456 e. The maximum absolute atomic E-state index is 6.62. The summed E-state index contributed by atoms with van der Waals surface area (Å²) >= 11 is 0. The van der Waals surface area contributed by atoms with Crippen molar-refractivity contribution in [1.82, 2.24) is 0 Å². The Kier molecular flexibility index (Phi) is 6.92. The zero-order valence-electron chi connectivity index (χ0n) is 13.4. The quantitative estimate of drug-likeness (QED) is 0.532. The number of hydrogen-bond acceptors (Lipinski definition) is 1. The first-order valence-corrected chi connectivity index (χ1v) is 17.1. The van der Waals surface area contributed by atoms with Crippen LogP contribution >= 0.6 is 0 Å². The molecule has 0 spiro atoms. The van der Waals surface area contributed by atoms with E-state index in [4.69, 9.17) is 4.12 Å². The van der Waals surface area contributed by atoms with E-state index in [9.17, 15) is 0 Å². The maximum Gasteiger partial charge on any atom is 0.173 e. The lowest BCUT2D eigenvalue weighted by Gasteiger charge is -2.35. The third-order valence-electron chi connectivity index (χ3n) is 3.16. The first-order chi connectivity index (χ1) is 7.47. The van der Waals surface area contributed by atoms with Crippen molar-refractivity contribution >= 4 is 24.7 Å². The van der Waals surface area contributed by atoms with Gasteiger partial charge in [0.2, 0.25) is 0 Å². The lowest BCUT2D eigenvalue weighted by atomic mass is 10.4. The van der Waals surface area contributed by atoms with Gasteiger partial charge in [0, 0.05) is 8.07 Å². The molecule has 0 N–H and O–H groups in total. The Labute approximate surface area is 113 Å². The zero-order chi connectivity index (χ0) is 13.7. The Morgan fingerprint density at radius 3 is 1.59 bits per heavy atom. The van der Waals surface area contributed by atoms with Gasteiger partial charge in [-0.1, -0.05) is 45.5 Å². The van der Waals surface area contributed by atoms with Crippen molar-refractivity contribution in [2.75, 3.05) is 0 Å². The molecule has 0 bridgehead atoms. The smallest absolute Gasteiger partial charge is 0.173 e. The highest BCUT2D eigenvalue weighted by molar-refractivity contribution is 6.86. The second-order valence-corrected chi connectivity index (χ2v) is 22.3. The van der Waals surface area contributed by atoms with Gasteiger partial charge >= 0.3 is 0 Å². The molecule has 0 aromatic carbocycles. The number of unbranched alkanes of at least 4 members (excludes halogenated alkanes) is 1. The highest BCUT2D eigenvalue weighted by Crippen LogP contribution is 2.26. The summed E-state index contributed by atoms with van der Waals surface area (Å²) < 4.78 is 6.62. The van der Waals surface area contributed by atoms with E-state index in [-0.39, 0.29) is 0 Å². The van der Waals surface area contributed by atoms with Crippen LogP contribution in [-0.4, -0.2) is 24.7 Å². The Morgan fingerprint density at radius 2 is 1.18 bits per heavy atom. The van der Waals surface area contributed by atoms with E-state index in [1.165, 1.54) is 31.0 Å². The minimum atomic E-state index is -1.40. The third kappa shape index (κ3) is 10.2. The molecule has 0 aliphatic heterocycles. The average Bonchev–Trinajstić information content (AvgIpc) is 2.09. The van der Waals surface area contributed by atoms with Crippen LogP contribution in [0.15, 0.2) is 0 Å². The predicted molar refractivity (Wildman–Crippen MR) is 88.7 cm³/mol. The predicted octanol–water partition coefficient (Wildman–Crippen LogP) is 5.55. The fourth-order valence-corrected chi connectivity index (χ4v) is 15.5. The summed E-state index contributed by atoms with van der Waals surface area (Å²) in [5, 5.41) is 0. The van der Waals surface area contributed by atoms with E-state index < -0.39 is 24.7 Å². The molecule has 0 saturated heterocycles. The van der Waals surface area contributed by atoms with Gasteiger partial charge in [-0.25, -0.2) is 0 Å². The molecule has 0 unspecified atom stereocenters. The van der Waals surface area contributed by atoms with Gasteiger partial charge in [-0.3, -0.25) is 0 Å². The summed E-state index contributed by atoms with van der Waals surface area (Å²) in [4.78, 5) is 0. The van der Waals surface area contributed by atoms with E-state index in [0.29, 0.717) is 0 Å². The van der Waals surface area contributed by atoms with Gasteiger partial charge in [0.25, 0.3) is 0 Å². The molecule has 0 aliphatic rings. The van der Waals surface area contributed by atoms with Crippen LogP contribution in [-0.2, 0) is 4.12 Å². The van der Waals surface area contributed by atoms with Crippen LogP contribution in [0.4, 0.5) is 0 Å². The number of rotatable bonds is 8. The largest absolute Gasteiger partial charge is 0.456 e. The fraction of sp³-hybridized carbons (Fsp3) is 1.00. The summed E-state index contributed by atoms with van der Waals surface area (Å²) in [6.45, 7) is 19.4. The van der Waals surface area contributed by atoms with E-state index in [1.54, 1.807) is 0 Å². The Morgan fingerprint density at radius 1 is 0.706 bits per heavy atom. The molecule has 1 nitrogen and oxygen atoms in total. The molecule has 0 aliphatic carbocycles. The van der Waals surface area contributed by atoms with Gasteiger partial charge in [0.1, 0.15) is 0 Å². The van der Waals surface area contributed by atoms with Crippen molar-refractivity contribution in [2.24, 2.45) is 0 Å². The SMILES string of the molecule is CCCC[Si](C)(C)O[Si](C)(C)CC[Si](C)(C)C. The van der Waals surface area contributed by atoms with Crippen molar-refractivity contribution in [3.63, 3.8) is 0 Å². The molecular weight excluding hydrogens is 256 g/mol. The molecule has 0 saturated carbocycles. The van der Waals surface area contributed by atoms with Crippen LogP contribution in [0.5, 0.6) is 0 Å². The van der Waals surface area contributed by atoms with Crippen molar-refractivity contribution in [2.45, 2.75) is 83.7 Å². The lowest BCUT2D eigenvalue weighted by molar-refractivity contribution is 0.535. The average molecular weight is 291 g/mol. The van der Waals surface area contributed by atoms with Gasteiger partial charge in [-0.15, -0.1) is 0 Å². The molecular formula is C13H34OSi3. The van der Waals surface area contributed by atoms with E-state index in [1.807, 2.05) is 0 Å². The second kappa shape index (κ2) is 6.68. The molecule has 0 atom stereocenters. The van der Waals surface area contributed by atoms with Crippen molar-refractivity contribution < 1.29 is 4.12 Å². The standard InChI is InChI=1S/C13H34OSi3/c1-9-10-11-16(5,6)14-17(7,8)13-12-15(2,3)4/h9-13H2,1-8H3. The normalized spacial score (nSPS) is 14.1. The van der Waals surface area contributed by atoms with Crippen LogP contribution in [0.1, 0.15) is 19.8 Å². The number of hydrogen-bond donors (Lipinski definition) is 0. The topological polar surface area (TPSA) is 9.23 Å². The minimum absolute atomic E-state index is 0.898. The fourth-order valence-electron chi connectivity index (χ4n) is 2.13. The van der Waals surface area contributed by atoms with Gasteiger partial charge < -0.3 is 4.12 Å². The monoisotopic (exact) mass is 290 g/mol. The zero-order valence-corrected chi connectivity index (χ0v) is 16.4. The lowest BCUT2D eigenvalue weighted by Crippen LogP contribution is -2.45. The Bertz CT molecular complexity index is 219. The van der Waals surface area contributed by atoms with Crippen molar-refractivity contribution in [3.8, 4) is 0 Å². The van der Waals surface area contributed by atoms with Crippen molar-refractivity contribution in [3.05, 3.63) is 0 Å². The van der Waals surface area contributed by atoms with Crippen LogP contribution in [0.2, 0.25) is 64.0 Å². The highest BCUT2D eigenvalue weighted by Gasteiger charge is 2.33. The molecule has 0 fully saturated rings. The van der Waals surface area contributed by atoms with Crippen LogP contribution in [0.25, 0.3) is 0 Å². The summed E-state index contributed by atoms with van der Waals surface area (Å²) in [5.41, 5.74) is 0. The molecule has 4 heteroatoms. The first-order valence-electron chi connectivity index (χ1n) is 7.18. The van der Waals surface area contributed by atoms with Gasteiger partial charge in [-0.2, -0.15) is 0 Å². The van der Waals surface area contributed by atoms with E-state index in [0.717, 1.165) is 0 Å². The summed E-state index contributed by atoms with van der Waals surface area (Å²) in [5.74, 6) is 0. The second-order valence-electron chi connectivity index (χ2n) is 7.79. The van der Waals surface area contributed by atoms with Crippen molar-refractivity contribution in [1.29, 1.82) is 0 Å². The third-order valence-corrected chi connectivity index (χ3v) is 12.8. The first kappa shape index (κ1) is 17.6. The summed E-state index contributed by atoms with van der Waals surface area (Å²) in [6, 6.07) is 4.14. The Balaban J connectivity index is 4.23. The van der Waals surface area contributed by atoms with Crippen LogP contribution < -0.4 is 0 Å². The van der Waals surface area contributed by atoms with Gasteiger partial charge in [-0.05, 0) is 38.3 Å². The highest BCUT2D eigenvalue weighted by atomic mass is 28.4.